The first-order valence-corrected chi connectivity index (χ1v) is 6.40. The number of tetrazole rings is 1. The Balaban J connectivity index is 1.86. The van der Waals surface area contributed by atoms with Gasteiger partial charge in [-0.25, -0.2) is 4.68 Å². The van der Waals surface area contributed by atoms with E-state index in [1.165, 1.54) is 12.3 Å². The number of hydrogen-bond acceptors (Lipinski definition) is 5. The average Bonchev–Trinajstić information content (AvgIpc) is 3.07. The molecule has 0 bridgehead atoms. The predicted octanol–water partition coefficient (Wildman–Crippen LogP) is 2.38. The Hall–Kier alpha value is -2.67. The summed E-state index contributed by atoms with van der Waals surface area (Å²) in [7, 11) is 1.74. The number of halogens is 1. The summed E-state index contributed by atoms with van der Waals surface area (Å²) in [6.45, 7) is 0. The molecule has 3 aromatic rings. The van der Waals surface area contributed by atoms with Crippen LogP contribution in [0.5, 0.6) is 0 Å². The summed E-state index contributed by atoms with van der Waals surface area (Å²) in [5, 5.41) is 14.1. The molecule has 3 rings (SSSR count). The van der Waals surface area contributed by atoms with Gasteiger partial charge in [-0.15, -0.1) is 5.10 Å². The van der Waals surface area contributed by atoms with Gasteiger partial charge < -0.3 is 9.73 Å². The number of hydrogen-bond donors (Lipinski definition) is 1. The van der Waals surface area contributed by atoms with Crippen molar-refractivity contribution in [3.8, 4) is 11.4 Å². The fourth-order valence-corrected chi connectivity index (χ4v) is 2.06. The highest BCUT2D eigenvalue weighted by Crippen LogP contribution is 2.22. The molecule has 1 aromatic carbocycles. The number of carbonyl (C=O) groups is 1. The van der Waals surface area contributed by atoms with Gasteiger partial charge in [0.05, 0.1) is 11.8 Å². The Morgan fingerprint density at radius 1 is 1.38 bits per heavy atom. The third-order valence-electron chi connectivity index (χ3n) is 2.86. The van der Waals surface area contributed by atoms with Gasteiger partial charge in [0.25, 0.3) is 5.91 Å². The van der Waals surface area contributed by atoms with E-state index < -0.39 is 0 Å². The van der Waals surface area contributed by atoms with Crippen LogP contribution in [0.3, 0.4) is 0 Å². The lowest BCUT2D eigenvalue weighted by Gasteiger charge is -2.06. The normalized spacial score (nSPS) is 10.6. The number of carbonyl (C=O) groups excluding carboxylic acids is 1. The molecule has 0 spiro atoms. The predicted molar refractivity (Wildman–Crippen MR) is 75.9 cm³/mol. The smallest absolute Gasteiger partial charge is 0.260 e. The number of nitrogens with one attached hydrogen (secondary N) is 1. The van der Waals surface area contributed by atoms with Crippen LogP contribution in [0, 0.1) is 0 Å². The Labute approximate surface area is 124 Å². The highest BCUT2D eigenvalue weighted by atomic mass is 35.5. The van der Waals surface area contributed by atoms with E-state index >= 15 is 0 Å². The van der Waals surface area contributed by atoms with E-state index in [1.54, 1.807) is 29.9 Å². The van der Waals surface area contributed by atoms with E-state index in [-0.39, 0.29) is 16.7 Å². The minimum Gasteiger partial charge on any atom is -0.452 e. The summed E-state index contributed by atoms with van der Waals surface area (Å²) in [6, 6.07) is 8.70. The molecule has 8 heteroatoms. The first-order chi connectivity index (χ1) is 10.1. The molecule has 2 heterocycles. The van der Waals surface area contributed by atoms with Gasteiger partial charge in [-0.1, -0.05) is 12.1 Å². The number of amides is 1. The molecule has 0 aliphatic rings. The topological polar surface area (TPSA) is 85.8 Å². The summed E-state index contributed by atoms with van der Waals surface area (Å²) in [5.74, 6) is 0.259. The van der Waals surface area contributed by atoms with Crippen molar-refractivity contribution in [1.29, 1.82) is 0 Å². The van der Waals surface area contributed by atoms with Crippen LogP contribution in [0.15, 0.2) is 41.0 Å². The van der Waals surface area contributed by atoms with Gasteiger partial charge in [-0.2, -0.15) is 0 Å². The number of benzene rings is 1. The van der Waals surface area contributed by atoms with Crippen LogP contribution in [0.2, 0.25) is 5.22 Å². The molecule has 2 aromatic heterocycles. The molecule has 1 amide bonds. The Morgan fingerprint density at radius 2 is 2.24 bits per heavy atom. The minimum absolute atomic E-state index is 0.0566. The fraction of sp³-hybridized carbons (Fsp3) is 0.0769. The fourth-order valence-electron chi connectivity index (χ4n) is 1.86. The van der Waals surface area contributed by atoms with Crippen LogP contribution < -0.4 is 5.32 Å². The number of aryl methyl sites for hydroxylation is 1. The third-order valence-corrected chi connectivity index (χ3v) is 3.15. The molecule has 0 radical (unpaired) electrons. The van der Waals surface area contributed by atoms with Gasteiger partial charge in [0.15, 0.2) is 5.82 Å². The van der Waals surface area contributed by atoms with Crippen molar-refractivity contribution in [2.24, 2.45) is 7.05 Å². The SMILES string of the molecule is Cn1nnnc1-c1cccc(NC(=O)c2ccoc2Cl)c1. The van der Waals surface area contributed by atoms with Crippen molar-refractivity contribution in [2.75, 3.05) is 5.32 Å². The van der Waals surface area contributed by atoms with E-state index in [9.17, 15) is 4.79 Å². The van der Waals surface area contributed by atoms with Crippen molar-refractivity contribution in [2.45, 2.75) is 0 Å². The van der Waals surface area contributed by atoms with Gasteiger partial charge in [-0.05, 0) is 40.2 Å². The van der Waals surface area contributed by atoms with Crippen LogP contribution >= 0.6 is 11.6 Å². The van der Waals surface area contributed by atoms with E-state index in [0.29, 0.717) is 11.5 Å². The first-order valence-electron chi connectivity index (χ1n) is 6.02. The van der Waals surface area contributed by atoms with Gasteiger partial charge in [0.1, 0.15) is 0 Å². The quantitative estimate of drug-likeness (QED) is 0.803. The van der Waals surface area contributed by atoms with Crippen LogP contribution in [-0.2, 0) is 7.05 Å². The maximum absolute atomic E-state index is 12.1. The second-order valence-electron chi connectivity index (χ2n) is 4.27. The van der Waals surface area contributed by atoms with E-state index in [4.69, 9.17) is 16.0 Å². The molecule has 0 saturated heterocycles. The van der Waals surface area contributed by atoms with E-state index in [0.717, 1.165) is 5.56 Å². The van der Waals surface area contributed by atoms with Crippen molar-refractivity contribution >= 4 is 23.2 Å². The number of aromatic nitrogens is 4. The van der Waals surface area contributed by atoms with Gasteiger partial charge in [0.2, 0.25) is 5.22 Å². The molecular formula is C13H10ClN5O2. The van der Waals surface area contributed by atoms with Gasteiger partial charge in [0, 0.05) is 18.3 Å². The lowest BCUT2D eigenvalue weighted by Crippen LogP contribution is -2.11. The zero-order valence-corrected chi connectivity index (χ0v) is 11.7. The second kappa shape index (κ2) is 5.37. The molecule has 0 aliphatic heterocycles. The summed E-state index contributed by atoms with van der Waals surface area (Å²) in [6.07, 6.45) is 1.36. The van der Waals surface area contributed by atoms with Gasteiger partial charge >= 0.3 is 0 Å². The summed E-state index contributed by atoms with van der Waals surface area (Å²) < 4.78 is 6.45. The zero-order chi connectivity index (χ0) is 14.8. The standard InChI is InChI=1S/C13H10ClN5O2/c1-19-12(16-17-18-19)8-3-2-4-9(7-8)15-13(20)10-5-6-21-11(10)14/h2-7H,1H3,(H,15,20). The van der Waals surface area contributed by atoms with Crippen molar-refractivity contribution in [3.63, 3.8) is 0 Å². The average molecular weight is 304 g/mol. The Morgan fingerprint density at radius 3 is 2.90 bits per heavy atom. The molecule has 0 atom stereocenters. The largest absolute Gasteiger partial charge is 0.452 e. The van der Waals surface area contributed by atoms with Gasteiger partial charge in [-0.3, -0.25) is 4.79 Å². The molecule has 0 aliphatic carbocycles. The number of anilines is 1. The second-order valence-corrected chi connectivity index (χ2v) is 4.61. The molecule has 7 nitrogen and oxygen atoms in total. The summed E-state index contributed by atoms with van der Waals surface area (Å²) in [4.78, 5) is 12.1. The summed E-state index contributed by atoms with van der Waals surface area (Å²) >= 11 is 5.78. The van der Waals surface area contributed by atoms with E-state index in [1.807, 2.05) is 6.07 Å². The Kier molecular flexibility index (Phi) is 3.41. The molecule has 0 saturated carbocycles. The maximum Gasteiger partial charge on any atom is 0.260 e. The number of nitrogens with zero attached hydrogens (tertiary/aromatic N) is 4. The lowest BCUT2D eigenvalue weighted by molar-refractivity contribution is 0.102. The van der Waals surface area contributed by atoms with Crippen molar-refractivity contribution in [3.05, 3.63) is 47.4 Å². The van der Waals surface area contributed by atoms with Crippen LogP contribution in [0.25, 0.3) is 11.4 Å². The molecule has 0 fully saturated rings. The molecular weight excluding hydrogens is 294 g/mol. The van der Waals surface area contributed by atoms with Crippen molar-refractivity contribution < 1.29 is 9.21 Å². The van der Waals surface area contributed by atoms with Crippen molar-refractivity contribution in [1.82, 2.24) is 20.2 Å². The monoisotopic (exact) mass is 303 g/mol. The van der Waals surface area contributed by atoms with Crippen LogP contribution in [-0.4, -0.2) is 26.1 Å². The van der Waals surface area contributed by atoms with E-state index in [2.05, 4.69) is 20.8 Å². The zero-order valence-electron chi connectivity index (χ0n) is 10.9. The summed E-state index contributed by atoms with van der Waals surface area (Å²) in [5.41, 5.74) is 1.68. The highest BCUT2D eigenvalue weighted by Gasteiger charge is 2.14. The Bertz CT molecular complexity index is 795. The number of rotatable bonds is 3. The third kappa shape index (κ3) is 2.63. The molecule has 106 valence electrons. The molecule has 0 unspecified atom stereocenters. The van der Waals surface area contributed by atoms with Crippen LogP contribution in [0.4, 0.5) is 5.69 Å². The number of furan rings is 1. The molecule has 21 heavy (non-hydrogen) atoms. The highest BCUT2D eigenvalue weighted by molar-refractivity contribution is 6.32. The van der Waals surface area contributed by atoms with Crippen LogP contribution in [0.1, 0.15) is 10.4 Å². The lowest BCUT2D eigenvalue weighted by atomic mass is 10.2. The first kappa shape index (κ1) is 13.3. The molecule has 1 N–H and O–H groups in total. The maximum atomic E-state index is 12.1. The minimum atomic E-state index is -0.345.